The summed E-state index contributed by atoms with van der Waals surface area (Å²) < 4.78 is 18.4. The highest BCUT2D eigenvalue weighted by molar-refractivity contribution is 5.96. The van der Waals surface area contributed by atoms with Gasteiger partial charge >= 0.3 is 0 Å². The van der Waals surface area contributed by atoms with Crippen LogP contribution in [0.3, 0.4) is 0 Å². The molecule has 7 heteroatoms. The van der Waals surface area contributed by atoms with Crippen molar-refractivity contribution in [2.75, 3.05) is 6.61 Å². The molecule has 2 N–H and O–H groups in total. The first kappa shape index (κ1) is 19.2. The van der Waals surface area contributed by atoms with Crippen LogP contribution in [-0.2, 0) is 4.84 Å². The van der Waals surface area contributed by atoms with E-state index in [1.165, 1.54) is 30.5 Å². The van der Waals surface area contributed by atoms with Crippen LogP contribution < -0.4 is 10.5 Å². The minimum Gasteiger partial charge on any atom is -0.439 e. The highest BCUT2D eigenvalue weighted by atomic mass is 19.1. The van der Waals surface area contributed by atoms with E-state index in [0.717, 1.165) is 6.42 Å². The number of hydrogen-bond donors (Lipinski definition) is 1. The van der Waals surface area contributed by atoms with E-state index in [1.807, 2.05) is 13.8 Å². The highest BCUT2D eigenvalue weighted by Crippen LogP contribution is 2.21. The van der Waals surface area contributed by atoms with Gasteiger partial charge in [-0.05, 0) is 57.0 Å². The van der Waals surface area contributed by atoms with Crippen molar-refractivity contribution in [2.24, 2.45) is 16.3 Å². The number of oxime groups is 1. The van der Waals surface area contributed by atoms with E-state index in [1.54, 1.807) is 12.1 Å². The van der Waals surface area contributed by atoms with Crippen molar-refractivity contribution in [3.63, 3.8) is 0 Å². The van der Waals surface area contributed by atoms with Gasteiger partial charge in [-0.15, -0.1) is 0 Å². The minimum atomic E-state index is -0.372. The Morgan fingerprint density at radius 1 is 1.27 bits per heavy atom. The van der Waals surface area contributed by atoms with Crippen molar-refractivity contribution in [2.45, 2.75) is 26.7 Å². The van der Waals surface area contributed by atoms with Gasteiger partial charge in [0, 0.05) is 17.8 Å². The van der Waals surface area contributed by atoms with Gasteiger partial charge in [-0.2, -0.15) is 5.26 Å². The lowest BCUT2D eigenvalue weighted by Crippen LogP contribution is -2.14. The number of nitriles is 1. The predicted octanol–water partition coefficient (Wildman–Crippen LogP) is 3.98. The Bertz CT molecular complexity index is 781. The number of benzene rings is 1. The highest BCUT2D eigenvalue weighted by Gasteiger charge is 2.15. The van der Waals surface area contributed by atoms with Crippen LogP contribution in [0.1, 0.15) is 32.3 Å². The van der Waals surface area contributed by atoms with E-state index in [-0.39, 0.29) is 17.1 Å². The molecule has 0 aliphatic heterocycles. The number of amidine groups is 1. The third kappa shape index (κ3) is 6.06. The van der Waals surface area contributed by atoms with E-state index in [9.17, 15) is 4.39 Å². The predicted molar refractivity (Wildman–Crippen MR) is 96.0 cm³/mol. The van der Waals surface area contributed by atoms with Crippen LogP contribution in [0.15, 0.2) is 47.8 Å². The summed E-state index contributed by atoms with van der Waals surface area (Å²) in [5, 5.41) is 12.8. The zero-order valence-electron chi connectivity index (χ0n) is 14.8. The van der Waals surface area contributed by atoms with Gasteiger partial charge in [-0.3, -0.25) is 0 Å². The van der Waals surface area contributed by atoms with Crippen molar-refractivity contribution >= 4 is 5.84 Å². The van der Waals surface area contributed by atoms with Gasteiger partial charge in [0.1, 0.15) is 18.2 Å². The molecule has 2 rings (SSSR count). The fourth-order valence-electron chi connectivity index (χ4n) is 2.02. The maximum absolute atomic E-state index is 12.9. The molecule has 6 nitrogen and oxygen atoms in total. The molecule has 0 saturated heterocycles. The molecule has 0 spiro atoms. The summed E-state index contributed by atoms with van der Waals surface area (Å²) in [6, 6.07) is 11.2. The molecule has 0 bridgehead atoms. The summed E-state index contributed by atoms with van der Waals surface area (Å²) in [4.78, 5) is 9.32. The number of rotatable bonds is 8. The van der Waals surface area contributed by atoms with Crippen LogP contribution in [-0.4, -0.2) is 17.4 Å². The number of nitrogens with zero attached hydrogens (tertiary/aromatic N) is 3. The lowest BCUT2D eigenvalue weighted by Gasteiger charge is -2.13. The number of pyridine rings is 1. The van der Waals surface area contributed by atoms with Crippen LogP contribution in [0.5, 0.6) is 11.6 Å². The lowest BCUT2D eigenvalue weighted by molar-refractivity contribution is 0.134. The average molecular weight is 356 g/mol. The van der Waals surface area contributed by atoms with Gasteiger partial charge in [0.2, 0.25) is 5.88 Å². The van der Waals surface area contributed by atoms with Gasteiger partial charge in [-0.25, -0.2) is 9.37 Å². The molecule has 0 unspecified atom stereocenters. The van der Waals surface area contributed by atoms with Crippen LogP contribution in [0.4, 0.5) is 4.39 Å². The summed E-state index contributed by atoms with van der Waals surface area (Å²) in [5.41, 5.74) is 6.08. The molecule has 26 heavy (non-hydrogen) atoms. The van der Waals surface area contributed by atoms with E-state index in [4.69, 9.17) is 20.6 Å². The lowest BCUT2D eigenvalue weighted by atomic mass is 9.90. The minimum absolute atomic E-state index is 0.199. The standard InChI is InChI=1S/C19H21FN4O2/c1-19(2,13-21)10-3-11-25-24-18(22)14-4-9-17(23-12-14)26-16-7-5-15(20)6-8-16/h4-9,12H,3,10-11H2,1-2H3,(H2,22,24). The topological polar surface area (TPSA) is 93.5 Å². The Hall–Kier alpha value is -3.14. The molecule has 0 atom stereocenters. The molecule has 0 fully saturated rings. The van der Waals surface area contributed by atoms with Crippen LogP contribution in [0.2, 0.25) is 0 Å². The second kappa shape index (κ2) is 8.81. The number of nitrogens with two attached hydrogens (primary N) is 1. The Labute approximate surface area is 152 Å². The number of hydrogen-bond acceptors (Lipinski definition) is 5. The van der Waals surface area contributed by atoms with Crippen molar-refractivity contribution in [3.05, 3.63) is 54.0 Å². The fourth-order valence-corrected chi connectivity index (χ4v) is 2.02. The van der Waals surface area contributed by atoms with Crippen molar-refractivity contribution in [1.29, 1.82) is 5.26 Å². The zero-order chi connectivity index (χ0) is 19.0. The van der Waals surface area contributed by atoms with Gasteiger partial charge < -0.3 is 15.3 Å². The molecule has 0 saturated carbocycles. The Balaban J connectivity index is 1.84. The Morgan fingerprint density at radius 2 is 2.00 bits per heavy atom. The molecule has 136 valence electrons. The third-order valence-electron chi connectivity index (χ3n) is 3.57. The molecule has 0 radical (unpaired) electrons. The van der Waals surface area contributed by atoms with Gasteiger partial charge in [0.15, 0.2) is 5.84 Å². The monoisotopic (exact) mass is 356 g/mol. The summed E-state index contributed by atoms with van der Waals surface area (Å²) in [6.07, 6.45) is 2.94. The molecule has 0 aliphatic rings. The first-order valence-electron chi connectivity index (χ1n) is 8.16. The average Bonchev–Trinajstić information content (AvgIpc) is 2.64. The molecular formula is C19H21FN4O2. The summed E-state index contributed by atoms with van der Waals surface area (Å²) in [6.45, 7) is 4.14. The largest absolute Gasteiger partial charge is 0.439 e. The second-order valence-electron chi connectivity index (χ2n) is 6.35. The van der Waals surface area contributed by atoms with Gasteiger partial charge in [0.05, 0.1) is 11.5 Å². The molecule has 1 aromatic carbocycles. The number of ether oxygens (including phenoxy) is 1. The van der Waals surface area contributed by atoms with Crippen molar-refractivity contribution < 1.29 is 14.0 Å². The number of halogens is 1. The maximum Gasteiger partial charge on any atom is 0.219 e. The molecular weight excluding hydrogens is 335 g/mol. The van der Waals surface area contributed by atoms with E-state index in [2.05, 4.69) is 16.2 Å². The SMILES string of the molecule is CC(C)(C#N)CCCON=C(N)c1ccc(Oc2ccc(F)cc2)nc1. The van der Waals surface area contributed by atoms with Crippen LogP contribution in [0.25, 0.3) is 0 Å². The fraction of sp³-hybridized carbons (Fsp3) is 0.316. The summed E-state index contributed by atoms with van der Waals surface area (Å²) in [7, 11) is 0. The Morgan fingerprint density at radius 3 is 2.62 bits per heavy atom. The summed E-state index contributed by atoms with van der Waals surface area (Å²) in [5.74, 6) is 0.705. The second-order valence-corrected chi connectivity index (χ2v) is 6.35. The van der Waals surface area contributed by atoms with Crippen LogP contribution in [0, 0.1) is 22.6 Å². The quantitative estimate of drug-likeness (QED) is 0.334. The third-order valence-corrected chi connectivity index (χ3v) is 3.57. The van der Waals surface area contributed by atoms with E-state index >= 15 is 0 Å². The first-order chi connectivity index (χ1) is 12.4. The van der Waals surface area contributed by atoms with E-state index in [0.29, 0.717) is 30.2 Å². The van der Waals surface area contributed by atoms with Crippen LogP contribution >= 0.6 is 0 Å². The molecule has 2 aromatic rings. The Kier molecular flexibility index (Phi) is 6.50. The molecule has 0 aliphatic carbocycles. The molecule has 1 heterocycles. The van der Waals surface area contributed by atoms with Crippen molar-refractivity contribution in [3.8, 4) is 17.7 Å². The van der Waals surface area contributed by atoms with E-state index < -0.39 is 0 Å². The smallest absolute Gasteiger partial charge is 0.219 e. The first-order valence-corrected chi connectivity index (χ1v) is 8.16. The normalized spacial score (nSPS) is 11.7. The molecule has 1 aromatic heterocycles. The summed E-state index contributed by atoms with van der Waals surface area (Å²) >= 11 is 0. The molecule has 0 amide bonds. The van der Waals surface area contributed by atoms with Gasteiger partial charge in [0.25, 0.3) is 0 Å². The maximum atomic E-state index is 12.9. The van der Waals surface area contributed by atoms with Gasteiger partial charge in [-0.1, -0.05) is 5.16 Å². The zero-order valence-corrected chi connectivity index (χ0v) is 14.8. The van der Waals surface area contributed by atoms with Crippen molar-refractivity contribution in [1.82, 2.24) is 4.98 Å². The number of aromatic nitrogens is 1.